The van der Waals surface area contributed by atoms with Crippen molar-refractivity contribution in [3.8, 4) is 0 Å². The molecule has 5 heteroatoms. The van der Waals surface area contributed by atoms with Crippen LogP contribution in [0.25, 0.3) is 0 Å². The summed E-state index contributed by atoms with van der Waals surface area (Å²) >= 11 is 11.5. The highest BCUT2D eigenvalue weighted by molar-refractivity contribution is 6.44. The highest BCUT2D eigenvalue weighted by Gasteiger charge is 2.16. The summed E-state index contributed by atoms with van der Waals surface area (Å²) in [5, 5.41) is 5.71. The zero-order chi connectivity index (χ0) is 12.0. The van der Waals surface area contributed by atoms with Gasteiger partial charge >= 0.3 is 0 Å². The van der Waals surface area contributed by atoms with Crippen LogP contribution in [-0.4, -0.2) is 16.9 Å². The number of rotatable bonds is 5. The minimum atomic E-state index is -0.687. The van der Waals surface area contributed by atoms with Crippen LogP contribution in [0, 0.1) is 0 Å². The van der Waals surface area contributed by atoms with Crippen molar-refractivity contribution >= 4 is 29.1 Å². The number of carbonyl (C=O) groups is 1. The second-order valence-corrected chi connectivity index (χ2v) is 4.54. The molecule has 88 valence electrons. The molecular formula is C11H14Cl2N2O. The van der Waals surface area contributed by atoms with Crippen molar-refractivity contribution in [2.24, 2.45) is 0 Å². The average Bonchev–Trinajstić information content (AvgIpc) is 2.25. The van der Waals surface area contributed by atoms with Gasteiger partial charge < -0.3 is 5.32 Å². The zero-order valence-corrected chi connectivity index (χ0v) is 10.4. The minimum Gasteiger partial charge on any atom is -0.338 e. The van der Waals surface area contributed by atoms with E-state index >= 15 is 0 Å². The second-order valence-electron chi connectivity index (χ2n) is 3.38. The largest absolute Gasteiger partial charge is 0.338 e. The summed E-state index contributed by atoms with van der Waals surface area (Å²) in [6.07, 6.45) is -0.443. The van der Waals surface area contributed by atoms with E-state index in [2.05, 4.69) is 10.6 Å². The van der Waals surface area contributed by atoms with Gasteiger partial charge in [0, 0.05) is 13.5 Å². The smallest absolute Gasteiger partial charge is 0.218 e. The fourth-order valence-corrected chi connectivity index (χ4v) is 1.55. The molecule has 0 bridgehead atoms. The Morgan fingerprint density at radius 2 is 1.94 bits per heavy atom. The Labute approximate surface area is 105 Å². The molecular weight excluding hydrogens is 247 g/mol. The molecule has 1 aromatic rings. The summed E-state index contributed by atoms with van der Waals surface area (Å²) in [5.41, 5.74) is 1.10. The number of amides is 1. The van der Waals surface area contributed by atoms with Crippen molar-refractivity contribution < 1.29 is 4.79 Å². The van der Waals surface area contributed by atoms with Crippen LogP contribution < -0.4 is 10.6 Å². The molecule has 0 radical (unpaired) electrons. The summed E-state index contributed by atoms with van der Waals surface area (Å²) in [7, 11) is 0. The predicted octanol–water partition coefficient (Wildman–Crippen LogP) is 2.04. The molecule has 0 heterocycles. The van der Waals surface area contributed by atoms with Crippen molar-refractivity contribution in [2.45, 2.75) is 24.5 Å². The van der Waals surface area contributed by atoms with E-state index in [9.17, 15) is 4.79 Å². The molecule has 1 unspecified atom stereocenters. The van der Waals surface area contributed by atoms with Gasteiger partial charge in [-0.1, -0.05) is 30.3 Å². The van der Waals surface area contributed by atoms with Crippen molar-refractivity contribution in [2.75, 3.05) is 0 Å². The van der Waals surface area contributed by atoms with Gasteiger partial charge in [-0.25, -0.2) is 0 Å². The van der Waals surface area contributed by atoms with E-state index in [-0.39, 0.29) is 5.91 Å². The van der Waals surface area contributed by atoms with Gasteiger partial charge in [0.2, 0.25) is 5.91 Å². The molecule has 0 aliphatic rings. The van der Waals surface area contributed by atoms with E-state index in [4.69, 9.17) is 23.2 Å². The lowest BCUT2D eigenvalue weighted by atomic mass is 10.2. The van der Waals surface area contributed by atoms with Gasteiger partial charge in [0.25, 0.3) is 0 Å². The average molecular weight is 261 g/mol. The first-order chi connectivity index (χ1) is 7.59. The number of benzene rings is 1. The molecule has 1 amide bonds. The van der Waals surface area contributed by atoms with Crippen molar-refractivity contribution in [3.63, 3.8) is 0 Å². The lowest BCUT2D eigenvalue weighted by Crippen LogP contribution is -2.48. The third kappa shape index (κ3) is 4.84. The number of hydrogen-bond acceptors (Lipinski definition) is 2. The minimum absolute atomic E-state index is 0.170. The Kier molecular flexibility index (Phi) is 5.60. The monoisotopic (exact) mass is 260 g/mol. The van der Waals surface area contributed by atoms with Crippen LogP contribution in [0.3, 0.4) is 0 Å². The molecule has 0 aliphatic carbocycles. The van der Waals surface area contributed by atoms with Crippen LogP contribution in [0.1, 0.15) is 12.5 Å². The Morgan fingerprint density at radius 1 is 1.31 bits per heavy atom. The van der Waals surface area contributed by atoms with Gasteiger partial charge in [0.15, 0.2) is 0 Å². The Morgan fingerprint density at radius 3 is 2.44 bits per heavy atom. The maximum absolute atomic E-state index is 10.9. The first-order valence-corrected chi connectivity index (χ1v) is 5.79. The fourth-order valence-electron chi connectivity index (χ4n) is 1.25. The van der Waals surface area contributed by atoms with Crippen LogP contribution in [0.5, 0.6) is 0 Å². The maximum Gasteiger partial charge on any atom is 0.218 e. The third-order valence-corrected chi connectivity index (χ3v) is 2.48. The predicted molar refractivity (Wildman–Crippen MR) is 66.4 cm³/mol. The molecule has 1 atom stereocenters. The van der Waals surface area contributed by atoms with Gasteiger partial charge in [0.1, 0.15) is 11.0 Å². The second kappa shape index (κ2) is 6.74. The van der Waals surface area contributed by atoms with Crippen LogP contribution >= 0.6 is 23.2 Å². The molecule has 0 fully saturated rings. The first-order valence-electron chi connectivity index (χ1n) is 4.92. The van der Waals surface area contributed by atoms with E-state index in [0.717, 1.165) is 5.56 Å². The Hall–Kier alpha value is -0.770. The standard InChI is InChI=1S/C11H14Cl2N2O/c1-8(16)15-11(10(12)13)14-7-9-5-3-2-4-6-9/h2-6,10-11,14H,7H2,1H3,(H,15,16). The van der Waals surface area contributed by atoms with E-state index < -0.39 is 11.0 Å². The summed E-state index contributed by atoms with van der Waals surface area (Å²) in [5.74, 6) is -0.170. The number of halogens is 2. The summed E-state index contributed by atoms with van der Waals surface area (Å²) in [4.78, 5) is 10.2. The van der Waals surface area contributed by atoms with Crippen LogP contribution in [-0.2, 0) is 11.3 Å². The maximum atomic E-state index is 10.9. The lowest BCUT2D eigenvalue weighted by Gasteiger charge is -2.20. The van der Waals surface area contributed by atoms with Crippen molar-refractivity contribution in [3.05, 3.63) is 35.9 Å². The highest BCUT2D eigenvalue weighted by Crippen LogP contribution is 2.07. The number of hydrogen-bond donors (Lipinski definition) is 2. The topological polar surface area (TPSA) is 41.1 Å². The molecule has 1 rings (SSSR count). The highest BCUT2D eigenvalue weighted by atomic mass is 35.5. The summed E-state index contributed by atoms with van der Waals surface area (Å²) < 4.78 is 0. The molecule has 0 aromatic heterocycles. The van der Waals surface area contributed by atoms with Gasteiger partial charge in [-0.2, -0.15) is 0 Å². The Balaban J connectivity index is 2.47. The fraction of sp³-hybridized carbons (Fsp3) is 0.364. The van der Waals surface area contributed by atoms with Gasteiger partial charge in [-0.15, -0.1) is 23.2 Å². The quantitative estimate of drug-likeness (QED) is 0.629. The SMILES string of the molecule is CC(=O)NC(NCc1ccccc1)C(Cl)Cl. The molecule has 1 aromatic carbocycles. The van der Waals surface area contributed by atoms with Gasteiger partial charge in [0.05, 0.1) is 0 Å². The summed E-state index contributed by atoms with van der Waals surface area (Å²) in [6, 6.07) is 9.80. The molecule has 2 N–H and O–H groups in total. The van der Waals surface area contributed by atoms with Crippen LogP contribution in [0.2, 0.25) is 0 Å². The molecule has 0 spiro atoms. The van der Waals surface area contributed by atoms with Gasteiger partial charge in [-0.05, 0) is 5.56 Å². The normalized spacial score (nSPS) is 12.5. The van der Waals surface area contributed by atoms with Crippen molar-refractivity contribution in [1.29, 1.82) is 0 Å². The first kappa shape index (κ1) is 13.3. The van der Waals surface area contributed by atoms with E-state index in [1.807, 2.05) is 30.3 Å². The van der Waals surface area contributed by atoms with Gasteiger partial charge in [-0.3, -0.25) is 10.1 Å². The third-order valence-electron chi connectivity index (χ3n) is 1.98. The molecule has 3 nitrogen and oxygen atoms in total. The molecule has 0 saturated carbocycles. The number of carbonyl (C=O) groups excluding carboxylic acids is 1. The lowest BCUT2D eigenvalue weighted by molar-refractivity contribution is -0.119. The molecule has 0 aliphatic heterocycles. The Bertz CT molecular complexity index is 330. The number of alkyl halides is 2. The number of nitrogens with one attached hydrogen (secondary N) is 2. The van der Waals surface area contributed by atoms with E-state index in [1.165, 1.54) is 6.92 Å². The summed E-state index contributed by atoms with van der Waals surface area (Å²) in [6.45, 7) is 2.02. The zero-order valence-electron chi connectivity index (χ0n) is 8.91. The van der Waals surface area contributed by atoms with E-state index in [1.54, 1.807) is 0 Å². The van der Waals surface area contributed by atoms with Crippen LogP contribution in [0.4, 0.5) is 0 Å². The van der Waals surface area contributed by atoms with Crippen LogP contribution in [0.15, 0.2) is 30.3 Å². The molecule has 16 heavy (non-hydrogen) atoms. The van der Waals surface area contributed by atoms with E-state index in [0.29, 0.717) is 6.54 Å². The van der Waals surface area contributed by atoms with Crippen molar-refractivity contribution in [1.82, 2.24) is 10.6 Å². The molecule has 0 saturated heterocycles.